The van der Waals surface area contributed by atoms with Crippen molar-refractivity contribution in [3.8, 4) is 11.5 Å². The van der Waals surface area contributed by atoms with Gasteiger partial charge in [-0.3, -0.25) is 9.69 Å². The lowest BCUT2D eigenvalue weighted by atomic mass is 9.87. The second-order valence-corrected chi connectivity index (χ2v) is 10.2. The van der Waals surface area contributed by atoms with Gasteiger partial charge in [-0.1, -0.05) is 17.7 Å². The van der Waals surface area contributed by atoms with Gasteiger partial charge in [-0.05, 0) is 50.3 Å². The first-order valence-corrected chi connectivity index (χ1v) is 12.9. The number of benzene rings is 2. The molecule has 0 unspecified atom stereocenters. The number of nitrogens with one attached hydrogen (secondary N) is 1. The van der Waals surface area contributed by atoms with Gasteiger partial charge in [0.05, 0.1) is 35.5 Å². The minimum Gasteiger partial charge on any atom is -0.493 e. The molecule has 5 rings (SSSR count). The van der Waals surface area contributed by atoms with Crippen molar-refractivity contribution in [3.05, 3.63) is 47.5 Å². The number of carbonyl (C=O) groups excluding carboxylic acids is 1. The molecule has 2 fully saturated rings. The molecule has 1 aliphatic heterocycles. The summed E-state index contributed by atoms with van der Waals surface area (Å²) in [6.45, 7) is 0.974. The predicted octanol–water partition coefficient (Wildman–Crippen LogP) is 5.03. The SMILES string of the molecule is COc1cc2ncnc(Nc3cccc(Cl)c3F)c2cc1O[C@H]1CC[C@H](N2CC[C@H]2C(=O)N(C)C)CC1. The third kappa shape index (κ3) is 5.15. The fraction of sp³-hybridized carbons (Fsp3) is 0.444. The summed E-state index contributed by atoms with van der Waals surface area (Å²) in [4.78, 5) is 25.2. The van der Waals surface area contributed by atoms with Crippen LogP contribution in [0.3, 0.4) is 0 Å². The monoisotopic (exact) mass is 527 g/mol. The lowest BCUT2D eigenvalue weighted by molar-refractivity contribution is -0.141. The van der Waals surface area contributed by atoms with Crippen LogP contribution in [0.2, 0.25) is 5.02 Å². The zero-order valence-electron chi connectivity index (χ0n) is 21.2. The number of likely N-dealkylation sites (tertiary alicyclic amines) is 1. The summed E-state index contributed by atoms with van der Waals surface area (Å²) in [6.07, 6.45) is 6.09. The Morgan fingerprint density at radius 3 is 2.59 bits per heavy atom. The number of halogens is 2. The van der Waals surface area contributed by atoms with Gasteiger partial charge in [-0.15, -0.1) is 0 Å². The summed E-state index contributed by atoms with van der Waals surface area (Å²) in [7, 11) is 5.23. The molecule has 1 saturated carbocycles. The number of hydrogen-bond acceptors (Lipinski definition) is 7. The van der Waals surface area contributed by atoms with Gasteiger partial charge < -0.3 is 19.7 Å². The van der Waals surface area contributed by atoms with Crippen molar-refractivity contribution >= 4 is 39.9 Å². The van der Waals surface area contributed by atoms with Crippen LogP contribution in [0, 0.1) is 5.82 Å². The highest BCUT2D eigenvalue weighted by molar-refractivity contribution is 6.31. The normalized spacial score (nSPS) is 21.8. The summed E-state index contributed by atoms with van der Waals surface area (Å²) >= 11 is 5.95. The van der Waals surface area contributed by atoms with Crippen LogP contribution in [0.15, 0.2) is 36.7 Å². The number of hydrogen-bond donors (Lipinski definition) is 1. The Kier molecular flexibility index (Phi) is 7.35. The smallest absolute Gasteiger partial charge is 0.239 e. The van der Waals surface area contributed by atoms with Crippen LogP contribution >= 0.6 is 11.6 Å². The second kappa shape index (κ2) is 10.7. The van der Waals surface area contributed by atoms with Crippen molar-refractivity contribution in [2.24, 2.45) is 0 Å². The number of ether oxygens (including phenoxy) is 2. The molecule has 2 aliphatic rings. The van der Waals surface area contributed by atoms with E-state index in [0.717, 1.165) is 38.6 Å². The van der Waals surface area contributed by atoms with E-state index >= 15 is 0 Å². The summed E-state index contributed by atoms with van der Waals surface area (Å²) < 4.78 is 26.5. The zero-order valence-corrected chi connectivity index (χ0v) is 22.0. The predicted molar refractivity (Wildman–Crippen MR) is 141 cm³/mol. The van der Waals surface area contributed by atoms with Crippen LogP contribution in [0.25, 0.3) is 10.9 Å². The van der Waals surface area contributed by atoms with Crippen molar-refractivity contribution in [2.75, 3.05) is 33.1 Å². The van der Waals surface area contributed by atoms with Gasteiger partial charge >= 0.3 is 0 Å². The average Bonchev–Trinajstić information content (AvgIpc) is 2.87. The molecular formula is C27H31ClFN5O3. The minimum atomic E-state index is -0.547. The van der Waals surface area contributed by atoms with E-state index in [4.69, 9.17) is 21.1 Å². The maximum atomic E-state index is 14.5. The van der Waals surface area contributed by atoms with Crippen molar-refractivity contribution in [3.63, 3.8) is 0 Å². The Balaban J connectivity index is 1.32. The van der Waals surface area contributed by atoms with E-state index in [0.29, 0.717) is 34.3 Å². The van der Waals surface area contributed by atoms with Crippen LogP contribution in [-0.2, 0) is 4.79 Å². The van der Waals surface area contributed by atoms with Crippen LogP contribution in [0.5, 0.6) is 11.5 Å². The van der Waals surface area contributed by atoms with Gasteiger partial charge in [-0.2, -0.15) is 0 Å². The van der Waals surface area contributed by atoms with Crippen LogP contribution < -0.4 is 14.8 Å². The molecule has 10 heteroatoms. The topological polar surface area (TPSA) is 79.8 Å². The van der Waals surface area contributed by atoms with E-state index in [9.17, 15) is 9.18 Å². The molecule has 1 aromatic heterocycles. The number of nitrogens with zero attached hydrogens (tertiary/aromatic N) is 4. The van der Waals surface area contributed by atoms with Crippen LogP contribution in [-0.4, -0.2) is 71.6 Å². The number of methoxy groups -OCH3 is 1. The van der Waals surface area contributed by atoms with Gasteiger partial charge in [0.2, 0.25) is 5.91 Å². The molecular weight excluding hydrogens is 497 g/mol. The number of anilines is 2. The maximum absolute atomic E-state index is 14.5. The number of rotatable bonds is 7. The molecule has 8 nitrogen and oxygen atoms in total. The fourth-order valence-electron chi connectivity index (χ4n) is 5.23. The molecule has 2 aromatic carbocycles. The Morgan fingerprint density at radius 2 is 1.92 bits per heavy atom. The quantitative estimate of drug-likeness (QED) is 0.462. The van der Waals surface area contributed by atoms with E-state index in [2.05, 4.69) is 20.2 Å². The first-order valence-electron chi connectivity index (χ1n) is 12.5. The van der Waals surface area contributed by atoms with E-state index < -0.39 is 5.82 Å². The summed E-state index contributed by atoms with van der Waals surface area (Å²) in [5, 5.41) is 3.74. The molecule has 37 heavy (non-hydrogen) atoms. The zero-order chi connectivity index (χ0) is 26.1. The lowest BCUT2D eigenvalue weighted by Crippen LogP contribution is -2.60. The van der Waals surface area contributed by atoms with Crippen LogP contribution in [0.1, 0.15) is 32.1 Å². The number of aromatic nitrogens is 2. The first kappa shape index (κ1) is 25.5. The second-order valence-electron chi connectivity index (χ2n) is 9.79. The highest BCUT2D eigenvalue weighted by Gasteiger charge is 2.40. The van der Waals surface area contributed by atoms with Crippen molar-refractivity contribution in [1.82, 2.24) is 19.8 Å². The third-order valence-corrected chi connectivity index (χ3v) is 7.61. The van der Waals surface area contributed by atoms with Gasteiger partial charge in [0.25, 0.3) is 0 Å². The molecule has 0 spiro atoms. The standard InChI is InChI=1S/C27H31ClFN5O3/c1-33(2)27(35)22-11-12-34(22)16-7-9-17(10-8-16)37-24-13-18-21(14-23(24)36-3)30-15-31-26(18)32-20-6-4-5-19(28)25(20)29/h4-6,13-17,22H,7-12H2,1-3H3,(H,30,31,32)/t16-,17-,22-/m0/s1. The molecule has 196 valence electrons. The molecule has 1 N–H and O–H groups in total. The minimum absolute atomic E-state index is 0.00769. The van der Waals surface area contributed by atoms with Gasteiger partial charge in [0, 0.05) is 38.1 Å². The van der Waals surface area contributed by atoms with E-state index in [1.54, 1.807) is 30.2 Å². The summed E-state index contributed by atoms with van der Waals surface area (Å²) in [5.41, 5.74) is 0.864. The average molecular weight is 528 g/mol. The fourth-order valence-corrected chi connectivity index (χ4v) is 5.40. The molecule has 1 aliphatic carbocycles. The van der Waals surface area contributed by atoms with E-state index in [1.165, 1.54) is 12.4 Å². The highest BCUT2D eigenvalue weighted by atomic mass is 35.5. The molecule has 1 saturated heterocycles. The summed E-state index contributed by atoms with van der Waals surface area (Å²) in [6, 6.07) is 8.81. The molecule has 1 atom stereocenters. The molecule has 0 bridgehead atoms. The third-order valence-electron chi connectivity index (χ3n) is 7.32. The summed E-state index contributed by atoms with van der Waals surface area (Å²) in [5.74, 6) is 1.25. The Bertz CT molecular complexity index is 1300. The molecule has 0 radical (unpaired) electrons. The van der Waals surface area contributed by atoms with Crippen molar-refractivity contribution in [1.29, 1.82) is 0 Å². The van der Waals surface area contributed by atoms with Gasteiger partial charge in [0.15, 0.2) is 17.3 Å². The molecule has 1 amide bonds. The number of amides is 1. The van der Waals surface area contributed by atoms with Crippen molar-refractivity contribution < 1.29 is 18.7 Å². The Hall–Kier alpha value is -3.17. The Labute approximate surface area is 220 Å². The lowest BCUT2D eigenvalue weighted by Gasteiger charge is -2.47. The highest BCUT2D eigenvalue weighted by Crippen LogP contribution is 2.38. The number of carbonyl (C=O) groups is 1. The van der Waals surface area contributed by atoms with Gasteiger partial charge in [0.1, 0.15) is 12.1 Å². The first-order chi connectivity index (χ1) is 17.9. The van der Waals surface area contributed by atoms with E-state index in [-0.39, 0.29) is 28.8 Å². The Morgan fingerprint density at radius 1 is 1.14 bits per heavy atom. The number of likely N-dealkylation sites (N-methyl/N-ethyl adjacent to an activating group) is 1. The van der Waals surface area contributed by atoms with Gasteiger partial charge in [-0.25, -0.2) is 14.4 Å². The van der Waals surface area contributed by atoms with E-state index in [1.807, 2.05) is 20.2 Å². The van der Waals surface area contributed by atoms with Crippen LogP contribution in [0.4, 0.5) is 15.9 Å². The van der Waals surface area contributed by atoms with Crippen molar-refractivity contribution in [2.45, 2.75) is 50.3 Å². The number of fused-ring (bicyclic) bond motifs is 1. The molecule has 2 heterocycles. The maximum Gasteiger partial charge on any atom is 0.239 e. The largest absolute Gasteiger partial charge is 0.493 e. The molecule has 3 aromatic rings.